The third-order valence-corrected chi connectivity index (χ3v) is 2.58. The first-order valence-corrected chi connectivity index (χ1v) is 4.93. The smallest absolute Gasteiger partial charge is 0.407 e. The molecule has 6 heteroatoms. The average Bonchev–Trinajstić information content (AvgIpc) is 2.22. The maximum absolute atomic E-state index is 13.2. The van der Waals surface area contributed by atoms with Gasteiger partial charge in [-0.25, -0.2) is 9.18 Å². The molecule has 1 heterocycles. The van der Waals surface area contributed by atoms with Crippen molar-refractivity contribution in [2.24, 2.45) is 0 Å². The molecular weight excluding hydrogens is 256 g/mol. The number of halogens is 3. The van der Waals surface area contributed by atoms with Gasteiger partial charge in [-0.3, -0.25) is 0 Å². The van der Waals surface area contributed by atoms with Crippen LogP contribution in [0, 0.1) is 5.82 Å². The van der Waals surface area contributed by atoms with Crippen LogP contribution in [-0.4, -0.2) is 12.7 Å². The highest BCUT2D eigenvalue weighted by Crippen LogP contribution is 2.24. The third kappa shape index (κ3) is 2.77. The minimum atomic E-state index is -0.477. The molecule has 16 heavy (non-hydrogen) atoms. The van der Waals surface area contributed by atoms with Gasteiger partial charge >= 0.3 is 6.09 Å². The molecule has 1 N–H and O–H groups in total. The molecule has 0 unspecified atom stereocenters. The maximum Gasteiger partial charge on any atom is 0.407 e. The van der Waals surface area contributed by atoms with Crippen LogP contribution >= 0.6 is 24.0 Å². The number of nitrogens with one attached hydrogen (secondary N) is 1. The van der Waals surface area contributed by atoms with Crippen LogP contribution in [0.25, 0.3) is 0 Å². The van der Waals surface area contributed by atoms with Crippen molar-refractivity contribution in [2.75, 3.05) is 6.61 Å². The van der Waals surface area contributed by atoms with Gasteiger partial charge in [0, 0.05) is 6.42 Å². The summed E-state index contributed by atoms with van der Waals surface area (Å²) in [5, 5.41) is 2.69. The van der Waals surface area contributed by atoms with E-state index in [2.05, 4.69) is 5.32 Å². The first-order chi connectivity index (χ1) is 7.16. The van der Waals surface area contributed by atoms with Crippen molar-refractivity contribution < 1.29 is 13.9 Å². The highest BCUT2D eigenvalue weighted by atomic mass is 35.5. The summed E-state index contributed by atoms with van der Waals surface area (Å²) in [6.45, 7) is 0.348. The molecule has 2 rings (SSSR count). The lowest BCUT2D eigenvalue weighted by atomic mass is 10.0. The largest absolute Gasteiger partial charge is 0.449 e. The molecule has 0 aromatic heterocycles. The number of hydrogen-bond donors (Lipinski definition) is 1. The van der Waals surface area contributed by atoms with Crippen LogP contribution in [-0.2, 0) is 4.74 Å². The number of carbonyl (C=O) groups excluding carboxylic acids is 1. The lowest BCUT2D eigenvalue weighted by Gasteiger charge is -2.23. The molecule has 1 aliphatic heterocycles. The fourth-order valence-corrected chi connectivity index (χ4v) is 1.62. The predicted octanol–water partition coefficient (Wildman–Crippen LogP) is 3.07. The molecule has 1 aliphatic rings. The normalized spacial score (nSPS) is 19.4. The van der Waals surface area contributed by atoms with E-state index >= 15 is 0 Å². The molecule has 0 saturated carbocycles. The second-order valence-corrected chi connectivity index (χ2v) is 3.70. The molecular formula is C10H10Cl2FNO2. The summed E-state index contributed by atoms with van der Waals surface area (Å²) in [6.07, 6.45) is 0.161. The van der Waals surface area contributed by atoms with Gasteiger partial charge in [-0.2, -0.15) is 0 Å². The summed E-state index contributed by atoms with van der Waals surface area (Å²) in [5.41, 5.74) is 0.702. The number of cyclic esters (lactones) is 1. The molecule has 88 valence electrons. The van der Waals surface area contributed by atoms with Gasteiger partial charge in [-0.05, 0) is 17.7 Å². The van der Waals surface area contributed by atoms with Gasteiger partial charge in [-0.1, -0.05) is 17.7 Å². The van der Waals surface area contributed by atoms with E-state index in [1.807, 2.05) is 0 Å². The van der Waals surface area contributed by atoms with Gasteiger partial charge < -0.3 is 10.1 Å². The van der Waals surface area contributed by atoms with Crippen LogP contribution in [0.2, 0.25) is 5.02 Å². The Morgan fingerprint density at radius 2 is 2.25 bits per heavy atom. The van der Waals surface area contributed by atoms with Crippen molar-refractivity contribution in [1.29, 1.82) is 0 Å². The number of carbonyl (C=O) groups is 1. The predicted molar refractivity (Wildman–Crippen MR) is 60.5 cm³/mol. The molecule has 0 spiro atoms. The number of rotatable bonds is 1. The van der Waals surface area contributed by atoms with Crippen molar-refractivity contribution >= 4 is 30.1 Å². The zero-order chi connectivity index (χ0) is 10.8. The van der Waals surface area contributed by atoms with E-state index in [0.717, 1.165) is 0 Å². The van der Waals surface area contributed by atoms with E-state index < -0.39 is 11.9 Å². The fourth-order valence-electron chi connectivity index (χ4n) is 1.50. The lowest BCUT2D eigenvalue weighted by Crippen LogP contribution is -2.35. The Kier molecular flexibility index (Phi) is 4.38. The summed E-state index contributed by atoms with van der Waals surface area (Å²) < 4.78 is 17.9. The average molecular weight is 266 g/mol. The first-order valence-electron chi connectivity index (χ1n) is 4.55. The zero-order valence-corrected chi connectivity index (χ0v) is 9.78. The molecule has 1 fully saturated rings. The Morgan fingerprint density at radius 1 is 1.50 bits per heavy atom. The van der Waals surface area contributed by atoms with Crippen LogP contribution in [0.1, 0.15) is 18.0 Å². The number of ether oxygens (including phenoxy) is 1. The summed E-state index contributed by atoms with van der Waals surface area (Å²) in [4.78, 5) is 10.9. The van der Waals surface area contributed by atoms with Crippen LogP contribution in [0.4, 0.5) is 9.18 Å². The molecule has 0 radical (unpaired) electrons. The monoisotopic (exact) mass is 265 g/mol. The first kappa shape index (κ1) is 13.1. The highest BCUT2D eigenvalue weighted by molar-refractivity contribution is 6.30. The van der Waals surface area contributed by atoms with E-state index in [1.165, 1.54) is 12.1 Å². The number of hydrogen-bond acceptors (Lipinski definition) is 2. The van der Waals surface area contributed by atoms with Crippen LogP contribution in [0.5, 0.6) is 0 Å². The Hall–Kier alpha value is -1.00. The summed E-state index contributed by atoms with van der Waals surface area (Å²) in [6, 6.07) is 4.31. The fraction of sp³-hybridized carbons (Fsp3) is 0.300. The number of amides is 1. The minimum absolute atomic E-state index is 0. The summed E-state index contributed by atoms with van der Waals surface area (Å²) in [5.74, 6) is -0.477. The molecule has 0 bridgehead atoms. The maximum atomic E-state index is 13.2. The summed E-state index contributed by atoms with van der Waals surface area (Å²) >= 11 is 5.56. The van der Waals surface area contributed by atoms with E-state index in [1.54, 1.807) is 6.07 Å². The van der Waals surface area contributed by atoms with Gasteiger partial charge in [0.2, 0.25) is 0 Å². The van der Waals surface area contributed by atoms with Gasteiger partial charge in [-0.15, -0.1) is 12.4 Å². The SMILES string of the molecule is Cl.O=C1N[C@@H](c2ccc(Cl)c(F)c2)CCO1. The Balaban J connectivity index is 0.00000128. The lowest BCUT2D eigenvalue weighted by molar-refractivity contribution is 0.115. The van der Waals surface area contributed by atoms with E-state index in [4.69, 9.17) is 16.3 Å². The Labute approximate surface area is 103 Å². The number of benzene rings is 1. The minimum Gasteiger partial charge on any atom is -0.449 e. The second kappa shape index (κ2) is 5.37. The Morgan fingerprint density at radius 3 is 2.88 bits per heavy atom. The van der Waals surface area contributed by atoms with Crippen LogP contribution in [0.3, 0.4) is 0 Å². The molecule has 1 aromatic rings. The molecule has 1 aromatic carbocycles. The quantitative estimate of drug-likeness (QED) is 0.848. The van der Waals surface area contributed by atoms with E-state index in [0.29, 0.717) is 18.6 Å². The van der Waals surface area contributed by atoms with Gasteiger partial charge in [0.15, 0.2) is 0 Å². The zero-order valence-electron chi connectivity index (χ0n) is 8.20. The van der Waals surface area contributed by atoms with Crippen molar-refractivity contribution in [3.8, 4) is 0 Å². The molecule has 1 saturated heterocycles. The van der Waals surface area contributed by atoms with Gasteiger partial charge in [0.1, 0.15) is 5.82 Å². The molecule has 0 aliphatic carbocycles. The van der Waals surface area contributed by atoms with Crippen molar-refractivity contribution in [2.45, 2.75) is 12.5 Å². The van der Waals surface area contributed by atoms with Gasteiger partial charge in [0.05, 0.1) is 17.7 Å². The topological polar surface area (TPSA) is 38.3 Å². The van der Waals surface area contributed by atoms with Gasteiger partial charge in [0.25, 0.3) is 0 Å². The van der Waals surface area contributed by atoms with E-state index in [9.17, 15) is 9.18 Å². The van der Waals surface area contributed by atoms with Crippen molar-refractivity contribution in [1.82, 2.24) is 5.32 Å². The number of alkyl carbamates (subject to hydrolysis) is 1. The van der Waals surface area contributed by atoms with Crippen LogP contribution in [0.15, 0.2) is 18.2 Å². The molecule has 1 atom stereocenters. The van der Waals surface area contributed by atoms with Crippen molar-refractivity contribution in [3.05, 3.63) is 34.6 Å². The third-order valence-electron chi connectivity index (χ3n) is 2.28. The molecule has 3 nitrogen and oxygen atoms in total. The van der Waals surface area contributed by atoms with Crippen molar-refractivity contribution in [3.63, 3.8) is 0 Å². The van der Waals surface area contributed by atoms with E-state index in [-0.39, 0.29) is 23.5 Å². The molecule has 1 amide bonds. The standard InChI is InChI=1S/C10H9ClFNO2.ClH/c11-7-2-1-6(5-8(7)12)9-3-4-15-10(14)13-9;/h1-2,5,9H,3-4H2,(H,13,14);1H/t9-;/m1./s1. The Bertz CT molecular complexity index is 400. The second-order valence-electron chi connectivity index (χ2n) is 3.30. The summed E-state index contributed by atoms with van der Waals surface area (Å²) in [7, 11) is 0. The van der Waals surface area contributed by atoms with Crippen LogP contribution < -0.4 is 5.32 Å². The highest BCUT2D eigenvalue weighted by Gasteiger charge is 2.21.